The number of H-pyrrole nitrogens is 1. The normalized spacial score (nSPS) is 10.5. The number of benzene rings is 1. The molecule has 1 aromatic heterocycles. The van der Waals surface area contributed by atoms with Crippen molar-refractivity contribution < 1.29 is 0 Å². The summed E-state index contributed by atoms with van der Waals surface area (Å²) in [6, 6.07) is 9.58. The van der Waals surface area contributed by atoms with Gasteiger partial charge in [0.1, 0.15) is 0 Å². The van der Waals surface area contributed by atoms with E-state index in [1.807, 2.05) is 25.1 Å². The molecule has 0 bridgehead atoms. The van der Waals surface area contributed by atoms with Crippen molar-refractivity contribution in [1.29, 1.82) is 0 Å². The SMILES string of the molecule is CCc1cccc(-n2[nH]c(C)cc2=O)c1. The summed E-state index contributed by atoms with van der Waals surface area (Å²) in [5, 5.41) is 3.02. The van der Waals surface area contributed by atoms with Crippen LogP contribution >= 0.6 is 0 Å². The number of aromatic nitrogens is 2. The zero-order valence-corrected chi connectivity index (χ0v) is 8.95. The van der Waals surface area contributed by atoms with E-state index in [4.69, 9.17) is 0 Å². The Morgan fingerprint density at radius 2 is 2.13 bits per heavy atom. The van der Waals surface area contributed by atoms with Crippen molar-refractivity contribution in [2.75, 3.05) is 0 Å². The second-order valence-electron chi connectivity index (χ2n) is 3.64. The summed E-state index contributed by atoms with van der Waals surface area (Å²) in [5.74, 6) is 0. The van der Waals surface area contributed by atoms with Crippen LogP contribution < -0.4 is 5.56 Å². The molecule has 0 fully saturated rings. The first-order chi connectivity index (χ1) is 7.20. The van der Waals surface area contributed by atoms with E-state index >= 15 is 0 Å². The summed E-state index contributed by atoms with van der Waals surface area (Å²) in [6.07, 6.45) is 0.974. The maximum absolute atomic E-state index is 11.6. The Balaban J connectivity index is 2.53. The van der Waals surface area contributed by atoms with Gasteiger partial charge >= 0.3 is 0 Å². The van der Waals surface area contributed by atoms with Gasteiger partial charge in [-0.25, -0.2) is 4.68 Å². The van der Waals surface area contributed by atoms with Crippen LogP contribution in [0, 0.1) is 6.92 Å². The molecule has 0 spiro atoms. The molecular formula is C12H14N2O. The highest BCUT2D eigenvalue weighted by Crippen LogP contribution is 2.08. The van der Waals surface area contributed by atoms with E-state index in [1.54, 1.807) is 10.7 Å². The molecule has 0 saturated heterocycles. The zero-order chi connectivity index (χ0) is 10.8. The lowest BCUT2D eigenvalue weighted by molar-refractivity contribution is 0.833. The van der Waals surface area contributed by atoms with Crippen molar-refractivity contribution in [2.45, 2.75) is 20.3 Å². The van der Waals surface area contributed by atoms with Gasteiger partial charge in [-0.05, 0) is 31.0 Å². The summed E-state index contributed by atoms with van der Waals surface area (Å²) < 4.78 is 1.56. The fourth-order valence-corrected chi connectivity index (χ4v) is 1.62. The molecule has 1 aromatic carbocycles. The first-order valence-corrected chi connectivity index (χ1v) is 5.08. The summed E-state index contributed by atoms with van der Waals surface area (Å²) in [5.41, 5.74) is 2.99. The number of hydrogen-bond donors (Lipinski definition) is 1. The minimum absolute atomic E-state index is 0.0132. The Kier molecular flexibility index (Phi) is 2.46. The van der Waals surface area contributed by atoms with Gasteiger partial charge in [0.25, 0.3) is 5.56 Å². The third-order valence-corrected chi connectivity index (χ3v) is 2.43. The largest absolute Gasteiger partial charge is 0.295 e. The molecule has 0 saturated carbocycles. The summed E-state index contributed by atoms with van der Waals surface area (Å²) in [6.45, 7) is 3.98. The van der Waals surface area contributed by atoms with Crippen molar-refractivity contribution >= 4 is 0 Å². The van der Waals surface area contributed by atoms with Crippen LogP contribution in [0.2, 0.25) is 0 Å². The molecule has 78 valence electrons. The van der Waals surface area contributed by atoms with Crippen molar-refractivity contribution in [3.8, 4) is 5.69 Å². The molecule has 0 atom stereocenters. The molecule has 15 heavy (non-hydrogen) atoms. The summed E-state index contributed by atoms with van der Waals surface area (Å²) in [4.78, 5) is 11.6. The molecule has 0 aliphatic carbocycles. The third-order valence-electron chi connectivity index (χ3n) is 2.43. The summed E-state index contributed by atoms with van der Waals surface area (Å²) in [7, 11) is 0. The minimum atomic E-state index is -0.0132. The topological polar surface area (TPSA) is 37.8 Å². The Morgan fingerprint density at radius 1 is 1.33 bits per heavy atom. The number of rotatable bonds is 2. The van der Waals surface area contributed by atoms with E-state index in [0.29, 0.717) is 0 Å². The van der Waals surface area contributed by atoms with Crippen LogP contribution in [-0.2, 0) is 6.42 Å². The van der Waals surface area contributed by atoms with Crippen LogP contribution in [0.5, 0.6) is 0 Å². The van der Waals surface area contributed by atoms with E-state index in [0.717, 1.165) is 17.8 Å². The lowest BCUT2D eigenvalue weighted by Gasteiger charge is -2.03. The molecule has 2 rings (SSSR count). The van der Waals surface area contributed by atoms with Crippen LogP contribution in [0.15, 0.2) is 35.1 Å². The van der Waals surface area contributed by atoms with E-state index in [-0.39, 0.29) is 5.56 Å². The third kappa shape index (κ3) is 1.86. The fraction of sp³-hybridized carbons (Fsp3) is 0.250. The van der Waals surface area contributed by atoms with Crippen LogP contribution in [0.25, 0.3) is 5.69 Å². The van der Waals surface area contributed by atoms with Gasteiger partial charge in [-0.1, -0.05) is 19.1 Å². The number of hydrogen-bond acceptors (Lipinski definition) is 1. The predicted octanol–water partition coefficient (Wildman–Crippen LogP) is 2.04. The van der Waals surface area contributed by atoms with Crippen molar-refractivity contribution in [3.05, 3.63) is 51.9 Å². The quantitative estimate of drug-likeness (QED) is 0.795. The number of nitrogens with zero attached hydrogens (tertiary/aromatic N) is 1. The molecule has 0 amide bonds. The molecule has 0 unspecified atom stereocenters. The molecular weight excluding hydrogens is 188 g/mol. The standard InChI is InChI=1S/C12H14N2O/c1-3-10-5-4-6-11(8-10)14-12(15)7-9(2)13-14/h4-8,13H,3H2,1-2H3. The van der Waals surface area contributed by atoms with Crippen molar-refractivity contribution in [2.24, 2.45) is 0 Å². The summed E-state index contributed by atoms with van der Waals surface area (Å²) >= 11 is 0. The Bertz CT molecular complexity index is 522. The Morgan fingerprint density at radius 3 is 2.73 bits per heavy atom. The van der Waals surface area contributed by atoms with Crippen LogP contribution in [-0.4, -0.2) is 9.78 Å². The van der Waals surface area contributed by atoms with Crippen molar-refractivity contribution in [1.82, 2.24) is 9.78 Å². The lowest BCUT2D eigenvalue weighted by Crippen LogP contribution is -2.13. The van der Waals surface area contributed by atoms with Crippen LogP contribution in [0.3, 0.4) is 0 Å². The highest BCUT2D eigenvalue weighted by Gasteiger charge is 2.02. The van der Waals surface area contributed by atoms with Gasteiger partial charge in [-0.3, -0.25) is 9.89 Å². The fourth-order valence-electron chi connectivity index (χ4n) is 1.62. The molecule has 0 aliphatic rings. The highest BCUT2D eigenvalue weighted by molar-refractivity contribution is 5.35. The number of aromatic amines is 1. The molecule has 0 radical (unpaired) electrons. The number of aryl methyl sites for hydroxylation is 2. The monoisotopic (exact) mass is 202 g/mol. The molecule has 1 heterocycles. The molecule has 1 N–H and O–H groups in total. The predicted molar refractivity (Wildman–Crippen MR) is 60.5 cm³/mol. The Labute approximate surface area is 88.4 Å². The number of nitrogens with one attached hydrogen (secondary N) is 1. The molecule has 3 nitrogen and oxygen atoms in total. The van der Waals surface area contributed by atoms with Gasteiger partial charge in [0, 0.05) is 11.8 Å². The first kappa shape index (κ1) is 9.77. The Hall–Kier alpha value is -1.77. The molecule has 3 heteroatoms. The van der Waals surface area contributed by atoms with Gasteiger partial charge in [0.15, 0.2) is 0 Å². The second-order valence-corrected chi connectivity index (χ2v) is 3.64. The average molecular weight is 202 g/mol. The van der Waals surface area contributed by atoms with Crippen LogP contribution in [0.4, 0.5) is 0 Å². The molecule has 2 aromatic rings. The van der Waals surface area contributed by atoms with Gasteiger partial charge < -0.3 is 0 Å². The van der Waals surface area contributed by atoms with Crippen molar-refractivity contribution in [3.63, 3.8) is 0 Å². The smallest absolute Gasteiger partial charge is 0.271 e. The van der Waals surface area contributed by atoms with Gasteiger partial charge in [0.2, 0.25) is 0 Å². The zero-order valence-electron chi connectivity index (χ0n) is 8.95. The maximum atomic E-state index is 11.6. The van der Waals surface area contributed by atoms with Gasteiger partial charge in [-0.15, -0.1) is 0 Å². The van der Waals surface area contributed by atoms with E-state index in [2.05, 4.69) is 18.1 Å². The lowest BCUT2D eigenvalue weighted by atomic mass is 10.1. The van der Waals surface area contributed by atoms with Crippen LogP contribution in [0.1, 0.15) is 18.2 Å². The van der Waals surface area contributed by atoms with Gasteiger partial charge in [0.05, 0.1) is 5.69 Å². The first-order valence-electron chi connectivity index (χ1n) is 5.08. The second kappa shape index (κ2) is 3.77. The molecule has 0 aliphatic heterocycles. The average Bonchev–Trinajstić information content (AvgIpc) is 2.58. The maximum Gasteiger partial charge on any atom is 0.271 e. The van der Waals surface area contributed by atoms with E-state index < -0.39 is 0 Å². The van der Waals surface area contributed by atoms with E-state index in [9.17, 15) is 4.79 Å². The van der Waals surface area contributed by atoms with E-state index in [1.165, 1.54) is 5.56 Å². The van der Waals surface area contributed by atoms with Gasteiger partial charge in [-0.2, -0.15) is 0 Å². The minimum Gasteiger partial charge on any atom is -0.295 e. The highest BCUT2D eigenvalue weighted by atomic mass is 16.1.